The molecule has 2 nitrogen and oxygen atoms in total. The molecule has 0 aliphatic carbocycles. The molecule has 4 atom stereocenters. The molecule has 100 valence electrons. The van der Waals surface area contributed by atoms with E-state index in [0.29, 0.717) is 17.9 Å². The van der Waals surface area contributed by atoms with Crippen molar-refractivity contribution >= 4 is 0 Å². The van der Waals surface area contributed by atoms with Gasteiger partial charge in [0.05, 0.1) is 0 Å². The van der Waals surface area contributed by atoms with Crippen LogP contribution in [0.4, 0.5) is 0 Å². The molecule has 3 N–H and O–H groups in total. The van der Waals surface area contributed by atoms with Crippen molar-refractivity contribution in [2.75, 3.05) is 0 Å². The van der Waals surface area contributed by atoms with Crippen LogP contribution < -0.4 is 11.1 Å². The van der Waals surface area contributed by atoms with E-state index in [2.05, 4.69) is 50.4 Å². The van der Waals surface area contributed by atoms with E-state index < -0.39 is 0 Å². The first-order valence-electron chi connectivity index (χ1n) is 7.13. The molecule has 0 fully saturated rings. The van der Waals surface area contributed by atoms with Gasteiger partial charge in [-0.1, -0.05) is 38.1 Å². The molecule has 0 saturated carbocycles. The molecule has 1 heterocycles. The summed E-state index contributed by atoms with van der Waals surface area (Å²) in [7, 11) is 0. The monoisotopic (exact) mass is 246 g/mol. The molecule has 3 unspecified atom stereocenters. The number of nitrogens with two attached hydrogens (primary N) is 1. The number of hydrogen-bond donors (Lipinski definition) is 2. The average Bonchev–Trinajstić information content (AvgIpc) is 2.35. The summed E-state index contributed by atoms with van der Waals surface area (Å²) in [5.41, 5.74) is 9.25. The lowest BCUT2D eigenvalue weighted by Crippen LogP contribution is -2.47. The minimum Gasteiger partial charge on any atom is -0.326 e. The third-order valence-corrected chi connectivity index (χ3v) is 4.31. The quantitative estimate of drug-likeness (QED) is 0.738. The Hall–Kier alpha value is -0.860. The molecule has 0 bridgehead atoms. The Kier molecular flexibility index (Phi) is 4.41. The van der Waals surface area contributed by atoms with E-state index in [4.69, 9.17) is 5.73 Å². The lowest BCUT2D eigenvalue weighted by Gasteiger charge is -2.31. The fourth-order valence-corrected chi connectivity index (χ4v) is 3.08. The third-order valence-electron chi connectivity index (χ3n) is 4.31. The number of fused-ring (bicyclic) bond motifs is 1. The van der Waals surface area contributed by atoms with Crippen molar-refractivity contribution in [2.45, 2.75) is 52.2 Å². The molecule has 1 aromatic carbocycles. The Morgan fingerprint density at radius 3 is 2.50 bits per heavy atom. The molecule has 0 spiro atoms. The van der Waals surface area contributed by atoms with Crippen LogP contribution in [-0.2, 0) is 13.0 Å². The summed E-state index contributed by atoms with van der Waals surface area (Å²) in [5, 5.41) is 3.58. The first-order chi connectivity index (χ1) is 8.58. The molecule has 2 rings (SSSR count). The zero-order valence-corrected chi connectivity index (χ0v) is 11.8. The van der Waals surface area contributed by atoms with E-state index in [1.54, 1.807) is 0 Å². The van der Waals surface area contributed by atoms with Crippen molar-refractivity contribution in [1.29, 1.82) is 0 Å². The maximum Gasteiger partial charge on any atom is 0.0218 e. The predicted octanol–water partition coefficient (Wildman–Crippen LogP) is 2.71. The van der Waals surface area contributed by atoms with Crippen LogP contribution in [0.5, 0.6) is 0 Å². The average molecular weight is 246 g/mol. The van der Waals surface area contributed by atoms with Gasteiger partial charge in [-0.15, -0.1) is 0 Å². The van der Waals surface area contributed by atoms with Crippen molar-refractivity contribution in [3.63, 3.8) is 0 Å². The summed E-state index contributed by atoms with van der Waals surface area (Å²) in [6.45, 7) is 7.77. The molecule has 18 heavy (non-hydrogen) atoms. The van der Waals surface area contributed by atoms with Crippen molar-refractivity contribution in [1.82, 2.24) is 5.32 Å². The molecule has 0 radical (unpaired) electrons. The van der Waals surface area contributed by atoms with Crippen LogP contribution in [0, 0.1) is 11.8 Å². The van der Waals surface area contributed by atoms with Crippen molar-refractivity contribution in [3.05, 3.63) is 35.4 Å². The van der Waals surface area contributed by atoms with Crippen LogP contribution in [0.2, 0.25) is 0 Å². The second-order valence-corrected chi connectivity index (χ2v) is 6.04. The van der Waals surface area contributed by atoms with Gasteiger partial charge in [0.25, 0.3) is 0 Å². The van der Waals surface area contributed by atoms with Gasteiger partial charge in [-0.3, -0.25) is 0 Å². The standard InChI is InChI=1S/C16H26N2/c1-11-8-12(2)16(17)13(3)18-10-15-7-5-4-6-14(15)9-11/h4-7,11-13,16,18H,8-10,17H2,1-3H3/t11?,12?,13?,16-/m0/s1. The summed E-state index contributed by atoms with van der Waals surface area (Å²) in [6.07, 6.45) is 2.38. The molecule has 0 saturated heterocycles. The normalized spacial score (nSPS) is 33.8. The largest absolute Gasteiger partial charge is 0.326 e. The van der Waals surface area contributed by atoms with E-state index in [0.717, 1.165) is 6.54 Å². The summed E-state index contributed by atoms with van der Waals surface area (Å²) in [4.78, 5) is 0. The lowest BCUT2D eigenvalue weighted by atomic mass is 9.84. The maximum absolute atomic E-state index is 6.33. The first kappa shape index (κ1) is 13.6. The van der Waals surface area contributed by atoms with Crippen LogP contribution in [0.15, 0.2) is 24.3 Å². The molecular weight excluding hydrogens is 220 g/mol. The highest BCUT2D eigenvalue weighted by atomic mass is 14.9. The molecule has 0 aromatic heterocycles. The molecular formula is C16H26N2. The molecule has 1 aliphatic rings. The topological polar surface area (TPSA) is 38.0 Å². The zero-order valence-electron chi connectivity index (χ0n) is 11.8. The summed E-state index contributed by atoms with van der Waals surface area (Å²) < 4.78 is 0. The number of rotatable bonds is 0. The van der Waals surface area contributed by atoms with Gasteiger partial charge < -0.3 is 11.1 Å². The summed E-state index contributed by atoms with van der Waals surface area (Å²) >= 11 is 0. The van der Waals surface area contributed by atoms with Gasteiger partial charge in [-0.2, -0.15) is 0 Å². The zero-order chi connectivity index (χ0) is 13.1. The number of benzene rings is 1. The second-order valence-electron chi connectivity index (χ2n) is 6.04. The maximum atomic E-state index is 6.33. The van der Waals surface area contributed by atoms with Gasteiger partial charge in [0, 0.05) is 18.6 Å². The summed E-state index contributed by atoms with van der Waals surface area (Å²) in [5.74, 6) is 1.28. The second kappa shape index (κ2) is 5.85. The van der Waals surface area contributed by atoms with Crippen LogP contribution in [0.25, 0.3) is 0 Å². The SMILES string of the molecule is CC1Cc2ccccc2CNC(C)[C@@H](N)C(C)C1. The Morgan fingerprint density at radius 2 is 1.78 bits per heavy atom. The van der Waals surface area contributed by atoms with Gasteiger partial charge in [-0.25, -0.2) is 0 Å². The van der Waals surface area contributed by atoms with Crippen molar-refractivity contribution in [3.8, 4) is 0 Å². The predicted molar refractivity (Wildman–Crippen MR) is 77.4 cm³/mol. The Labute approximate surface area is 111 Å². The minimum absolute atomic E-state index is 0.248. The fraction of sp³-hybridized carbons (Fsp3) is 0.625. The van der Waals surface area contributed by atoms with Crippen molar-refractivity contribution in [2.24, 2.45) is 17.6 Å². The van der Waals surface area contributed by atoms with Crippen LogP contribution in [0.3, 0.4) is 0 Å². The first-order valence-corrected chi connectivity index (χ1v) is 7.13. The highest BCUT2D eigenvalue weighted by molar-refractivity contribution is 5.27. The van der Waals surface area contributed by atoms with E-state index in [1.165, 1.54) is 24.0 Å². The smallest absolute Gasteiger partial charge is 0.0218 e. The highest BCUT2D eigenvalue weighted by Crippen LogP contribution is 2.23. The highest BCUT2D eigenvalue weighted by Gasteiger charge is 2.23. The van der Waals surface area contributed by atoms with E-state index in [-0.39, 0.29) is 6.04 Å². The van der Waals surface area contributed by atoms with E-state index >= 15 is 0 Å². The minimum atomic E-state index is 0.248. The van der Waals surface area contributed by atoms with E-state index in [9.17, 15) is 0 Å². The molecule has 1 aliphatic heterocycles. The van der Waals surface area contributed by atoms with Crippen LogP contribution in [-0.4, -0.2) is 12.1 Å². The van der Waals surface area contributed by atoms with Gasteiger partial charge in [-0.05, 0) is 42.7 Å². The summed E-state index contributed by atoms with van der Waals surface area (Å²) in [6, 6.07) is 9.40. The Morgan fingerprint density at radius 1 is 1.11 bits per heavy atom. The third kappa shape index (κ3) is 3.12. The number of nitrogens with one attached hydrogen (secondary N) is 1. The van der Waals surface area contributed by atoms with Crippen molar-refractivity contribution < 1.29 is 0 Å². The molecule has 1 aromatic rings. The lowest BCUT2D eigenvalue weighted by molar-refractivity contribution is 0.299. The van der Waals surface area contributed by atoms with Gasteiger partial charge in [0.2, 0.25) is 0 Å². The van der Waals surface area contributed by atoms with Gasteiger partial charge >= 0.3 is 0 Å². The number of hydrogen-bond acceptors (Lipinski definition) is 2. The van der Waals surface area contributed by atoms with E-state index in [1.807, 2.05) is 0 Å². The Balaban J connectivity index is 2.23. The Bertz CT molecular complexity index is 388. The fourth-order valence-electron chi connectivity index (χ4n) is 3.08. The van der Waals surface area contributed by atoms with Gasteiger partial charge in [0.1, 0.15) is 0 Å². The molecule has 0 amide bonds. The van der Waals surface area contributed by atoms with Gasteiger partial charge in [0.15, 0.2) is 0 Å². The van der Waals surface area contributed by atoms with Crippen LogP contribution in [0.1, 0.15) is 38.3 Å². The van der Waals surface area contributed by atoms with Crippen LogP contribution >= 0.6 is 0 Å². The molecule has 2 heteroatoms.